The molecule has 1 aromatic rings. The van der Waals surface area contributed by atoms with Crippen LogP contribution in [-0.4, -0.2) is 17.5 Å². The molecule has 0 spiro atoms. The van der Waals surface area contributed by atoms with Crippen LogP contribution in [0.3, 0.4) is 0 Å². The summed E-state index contributed by atoms with van der Waals surface area (Å²) in [5.74, 6) is 0.616. The average Bonchev–Trinajstić information content (AvgIpc) is 2.38. The third kappa shape index (κ3) is 10.2. The predicted molar refractivity (Wildman–Crippen MR) is 81.4 cm³/mol. The maximum atomic E-state index is 10.8. The molecule has 0 atom stereocenters. The Kier molecular flexibility index (Phi) is 9.73. The van der Waals surface area contributed by atoms with E-state index >= 15 is 0 Å². The summed E-state index contributed by atoms with van der Waals surface area (Å²) in [5.41, 5.74) is 1.88. The summed E-state index contributed by atoms with van der Waals surface area (Å²) >= 11 is 0. The van der Waals surface area contributed by atoms with E-state index in [1.807, 2.05) is 6.07 Å². The molecule has 2 nitrogen and oxygen atoms in total. The number of aliphatic hydroxyl groups excluding tert-OH is 1. The Labute approximate surface area is 117 Å². The van der Waals surface area contributed by atoms with E-state index in [-0.39, 0.29) is 5.78 Å². The normalized spacial score (nSPS) is 9.74. The largest absolute Gasteiger partial charge is 0.388 e. The summed E-state index contributed by atoms with van der Waals surface area (Å²) in [6.07, 6.45) is 3.86. The van der Waals surface area contributed by atoms with Crippen LogP contribution in [0.1, 0.15) is 50.4 Å². The summed E-state index contributed by atoms with van der Waals surface area (Å²) in [6.45, 7) is 10.1. The third-order valence-corrected chi connectivity index (χ3v) is 2.62. The maximum Gasteiger partial charge on any atom is 0.188 e. The number of benzene rings is 1. The van der Waals surface area contributed by atoms with E-state index in [0.29, 0.717) is 5.56 Å². The van der Waals surface area contributed by atoms with Crippen molar-refractivity contribution < 1.29 is 9.90 Å². The Morgan fingerprint density at radius 1 is 1.26 bits per heavy atom. The third-order valence-electron chi connectivity index (χ3n) is 2.62. The van der Waals surface area contributed by atoms with Gasteiger partial charge in [0.25, 0.3) is 0 Å². The quantitative estimate of drug-likeness (QED) is 0.614. The Bertz CT molecular complexity index is 366. The van der Waals surface area contributed by atoms with Gasteiger partial charge in [-0.2, -0.15) is 0 Å². The van der Waals surface area contributed by atoms with Gasteiger partial charge in [0.2, 0.25) is 0 Å². The minimum Gasteiger partial charge on any atom is -0.388 e. The first kappa shape index (κ1) is 17.6. The van der Waals surface area contributed by atoms with Crippen LogP contribution >= 0.6 is 0 Å². The minimum absolute atomic E-state index is 0.236. The molecule has 0 saturated heterocycles. The molecular weight excluding hydrogens is 236 g/mol. The van der Waals surface area contributed by atoms with Crippen molar-refractivity contribution in [2.75, 3.05) is 6.61 Å². The Balaban J connectivity index is 0.000000344. The lowest BCUT2D eigenvalue weighted by molar-refractivity contribution is 0.0904. The van der Waals surface area contributed by atoms with Gasteiger partial charge in [0.15, 0.2) is 5.78 Å². The van der Waals surface area contributed by atoms with Crippen molar-refractivity contribution in [3.8, 4) is 0 Å². The Hall–Kier alpha value is -1.41. The second-order valence-corrected chi connectivity index (χ2v) is 5.19. The molecule has 1 aromatic carbocycles. The highest BCUT2D eigenvalue weighted by Gasteiger charge is 1.99. The molecule has 0 radical (unpaired) electrons. The molecule has 0 amide bonds. The number of hydrogen-bond acceptors (Lipinski definition) is 2. The lowest BCUT2D eigenvalue weighted by atomic mass is 10.0. The van der Waals surface area contributed by atoms with Gasteiger partial charge in [-0.3, -0.25) is 4.79 Å². The van der Waals surface area contributed by atoms with Gasteiger partial charge >= 0.3 is 0 Å². The van der Waals surface area contributed by atoms with E-state index < -0.39 is 6.61 Å². The van der Waals surface area contributed by atoms with Gasteiger partial charge in [0.05, 0.1) is 0 Å². The zero-order chi connectivity index (χ0) is 14.7. The monoisotopic (exact) mass is 262 g/mol. The molecule has 0 fully saturated rings. The molecular formula is C17H26O2. The number of allylic oxidation sites excluding steroid dienone is 1. The van der Waals surface area contributed by atoms with Crippen LogP contribution in [0.2, 0.25) is 0 Å². The van der Waals surface area contributed by atoms with Crippen LogP contribution < -0.4 is 0 Å². The summed E-state index contributed by atoms with van der Waals surface area (Å²) in [4.78, 5) is 10.8. The number of carbonyl (C=O) groups is 1. The summed E-state index contributed by atoms with van der Waals surface area (Å²) < 4.78 is 0. The molecule has 0 saturated carbocycles. The highest BCUT2D eigenvalue weighted by Crippen LogP contribution is 2.09. The van der Waals surface area contributed by atoms with Crippen molar-refractivity contribution in [3.05, 3.63) is 48.0 Å². The number of Topliss-reactive ketones (excluding diaryl/α,β-unsaturated/α-hetero) is 1. The van der Waals surface area contributed by atoms with Gasteiger partial charge in [0, 0.05) is 5.56 Å². The smallest absolute Gasteiger partial charge is 0.188 e. The second-order valence-electron chi connectivity index (χ2n) is 5.19. The van der Waals surface area contributed by atoms with Gasteiger partial charge in [-0.05, 0) is 25.7 Å². The van der Waals surface area contributed by atoms with Crippen LogP contribution in [0.5, 0.6) is 0 Å². The second kappa shape index (κ2) is 10.5. The van der Waals surface area contributed by atoms with E-state index in [2.05, 4.69) is 27.4 Å². The number of rotatable bonds is 6. The van der Waals surface area contributed by atoms with Crippen molar-refractivity contribution in [2.45, 2.75) is 40.0 Å². The first-order chi connectivity index (χ1) is 8.97. The van der Waals surface area contributed by atoms with Crippen molar-refractivity contribution in [3.63, 3.8) is 0 Å². The fraction of sp³-hybridized carbons (Fsp3) is 0.471. The Morgan fingerprint density at radius 3 is 2.26 bits per heavy atom. The number of carbonyl (C=O) groups excluding carboxylic acids is 1. The average molecular weight is 262 g/mol. The van der Waals surface area contributed by atoms with Crippen LogP contribution in [-0.2, 0) is 0 Å². The first-order valence-electron chi connectivity index (χ1n) is 6.80. The molecule has 0 unspecified atom stereocenters. The molecule has 0 aliphatic rings. The fourth-order valence-corrected chi connectivity index (χ4v) is 1.53. The molecule has 1 rings (SSSR count). The molecule has 19 heavy (non-hydrogen) atoms. The lowest BCUT2D eigenvalue weighted by Crippen LogP contribution is -2.02. The zero-order valence-electron chi connectivity index (χ0n) is 12.4. The lowest BCUT2D eigenvalue weighted by Gasteiger charge is -2.02. The van der Waals surface area contributed by atoms with E-state index in [9.17, 15) is 4.79 Å². The van der Waals surface area contributed by atoms with Crippen LogP contribution in [0, 0.1) is 5.92 Å². The topological polar surface area (TPSA) is 37.3 Å². The van der Waals surface area contributed by atoms with E-state index in [1.54, 1.807) is 24.3 Å². The molecule has 0 bridgehead atoms. The van der Waals surface area contributed by atoms with Crippen LogP contribution in [0.25, 0.3) is 0 Å². The van der Waals surface area contributed by atoms with Crippen molar-refractivity contribution in [1.29, 1.82) is 0 Å². The van der Waals surface area contributed by atoms with Gasteiger partial charge in [-0.25, -0.2) is 0 Å². The zero-order valence-corrected chi connectivity index (χ0v) is 12.4. The number of hydrogen-bond donors (Lipinski definition) is 1. The van der Waals surface area contributed by atoms with Gasteiger partial charge in [-0.1, -0.05) is 56.2 Å². The molecule has 106 valence electrons. The molecule has 0 aliphatic carbocycles. The fourth-order valence-electron chi connectivity index (χ4n) is 1.53. The summed E-state index contributed by atoms with van der Waals surface area (Å²) in [5, 5.41) is 8.44. The van der Waals surface area contributed by atoms with E-state index in [4.69, 9.17) is 5.11 Å². The first-order valence-corrected chi connectivity index (χ1v) is 6.80. The van der Waals surface area contributed by atoms with Gasteiger partial charge in [-0.15, -0.1) is 6.58 Å². The van der Waals surface area contributed by atoms with Crippen molar-refractivity contribution >= 4 is 5.78 Å². The maximum absolute atomic E-state index is 10.8. The van der Waals surface area contributed by atoms with Crippen molar-refractivity contribution in [2.24, 2.45) is 5.92 Å². The number of ketones is 1. The summed E-state index contributed by atoms with van der Waals surface area (Å²) in [6, 6.07) is 8.72. The number of aliphatic hydroxyl groups is 1. The van der Waals surface area contributed by atoms with E-state index in [0.717, 1.165) is 5.92 Å². The SMILES string of the molecule is C=C(C)CCCC(C)C.O=C(CO)c1ccccc1. The summed E-state index contributed by atoms with van der Waals surface area (Å²) in [7, 11) is 0. The van der Waals surface area contributed by atoms with Gasteiger partial charge in [0.1, 0.15) is 6.61 Å². The predicted octanol–water partition coefficient (Wildman–Crippen LogP) is 4.25. The van der Waals surface area contributed by atoms with Crippen LogP contribution in [0.4, 0.5) is 0 Å². The highest BCUT2D eigenvalue weighted by molar-refractivity contribution is 5.96. The highest BCUT2D eigenvalue weighted by atomic mass is 16.3. The van der Waals surface area contributed by atoms with Crippen molar-refractivity contribution in [1.82, 2.24) is 0 Å². The molecule has 2 heteroatoms. The van der Waals surface area contributed by atoms with Crippen LogP contribution in [0.15, 0.2) is 42.5 Å². The Morgan fingerprint density at radius 2 is 1.84 bits per heavy atom. The standard InChI is InChI=1S/C9H18.C8H8O2/c1-8(2)6-5-7-9(3)4;9-6-8(10)7-4-2-1-3-5-7/h9H,1,5-7H2,2-4H3;1-5,9H,6H2. The molecule has 0 aliphatic heterocycles. The molecule has 0 aromatic heterocycles. The molecule has 0 heterocycles. The van der Waals surface area contributed by atoms with Gasteiger partial charge < -0.3 is 5.11 Å². The molecule has 1 N–H and O–H groups in total. The minimum atomic E-state index is -0.413. The van der Waals surface area contributed by atoms with E-state index in [1.165, 1.54) is 24.8 Å².